The van der Waals surface area contributed by atoms with E-state index in [0.29, 0.717) is 38.7 Å². The van der Waals surface area contributed by atoms with Gasteiger partial charge in [-0.1, -0.05) is 66.2 Å². The van der Waals surface area contributed by atoms with Crippen molar-refractivity contribution in [2.24, 2.45) is 11.8 Å². The van der Waals surface area contributed by atoms with E-state index >= 15 is 0 Å². The summed E-state index contributed by atoms with van der Waals surface area (Å²) in [4.78, 5) is 14.1. The van der Waals surface area contributed by atoms with E-state index in [2.05, 4.69) is 58.8 Å². The number of rotatable bonds is 14. The van der Waals surface area contributed by atoms with Gasteiger partial charge in [-0.05, 0) is 79.8 Å². The molecule has 2 aromatic heterocycles. The van der Waals surface area contributed by atoms with Crippen molar-refractivity contribution in [2.45, 2.75) is 99.8 Å². The first-order valence-electron chi connectivity index (χ1n) is 16.1. The van der Waals surface area contributed by atoms with Crippen LogP contribution < -0.4 is 27.4 Å². The van der Waals surface area contributed by atoms with Gasteiger partial charge in [0, 0.05) is 25.7 Å². The summed E-state index contributed by atoms with van der Waals surface area (Å²) in [5.74, 6) is 1.31. The van der Waals surface area contributed by atoms with E-state index in [1.807, 2.05) is 18.2 Å². The molecule has 12 heteroatoms. The quantitative estimate of drug-likeness (QED) is 0.123. The molecule has 46 heavy (non-hydrogen) atoms. The Morgan fingerprint density at radius 2 is 1.33 bits per heavy atom. The summed E-state index contributed by atoms with van der Waals surface area (Å²) >= 11 is 2.32. The van der Waals surface area contributed by atoms with Crippen molar-refractivity contribution in [3.05, 3.63) is 40.7 Å². The predicted molar refractivity (Wildman–Crippen MR) is 196 cm³/mol. The highest BCUT2D eigenvalue weighted by Crippen LogP contribution is 2.29. The van der Waals surface area contributed by atoms with Gasteiger partial charge in [0.15, 0.2) is 0 Å². The molecule has 0 bridgehead atoms. The molecular weight excluding hydrogens is 615 g/mol. The molecule has 2 unspecified atom stereocenters. The number of carbonyl (C=O) groups is 1. The number of nitrogen functional groups attached to an aromatic ring is 3. The molecule has 3 aromatic rings. The van der Waals surface area contributed by atoms with Gasteiger partial charge in [0.2, 0.25) is 5.91 Å². The van der Waals surface area contributed by atoms with Gasteiger partial charge in [0.1, 0.15) is 33.3 Å². The maximum atomic E-state index is 11.6. The summed E-state index contributed by atoms with van der Waals surface area (Å²) in [6.45, 7) is 16.4. The Kier molecular flexibility index (Phi) is 19.0. The van der Waals surface area contributed by atoms with E-state index in [0.717, 1.165) is 53.2 Å². The molecule has 0 fully saturated rings. The van der Waals surface area contributed by atoms with Gasteiger partial charge in [-0.2, -0.15) is 19.3 Å². The molecule has 3 rings (SSSR count). The molecule has 2 heterocycles. The first-order valence-corrected chi connectivity index (χ1v) is 17.7. The minimum absolute atomic E-state index is 0.0841. The lowest BCUT2D eigenvalue weighted by molar-refractivity contribution is -0.114. The van der Waals surface area contributed by atoms with E-state index in [4.69, 9.17) is 27.7 Å². The second kappa shape index (κ2) is 21.8. The molecular formula is C34H53N9OS2. The largest absolute Gasteiger partial charge is 0.397 e. The summed E-state index contributed by atoms with van der Waals surface area (Å²) in [5.41, 5.74) is 21.8. The van der Waals surface area contributed by atoms with Crippen LogP contribution in [-0.2, 0) is 4.79 Å². The van der Waals surface area contributed by atoms with Gasteiger partial charge in [-0.15, -0.1) is 0 Å². The third kappa shape index (κ3) is 13.6. The van der Waals surface area contributed by atoms with Crippen LogP contribution in [0.5, 0.6) is 0 Å². The second-order valence-corrected chi connectivity index (χ2v) is 13.0. The minimum Gasteiger partial charge on any atom is -0.397 e. The molecule has 1 aromatic carbocycles. The molecule has 0 radical (unpaired) electrons. The van der Waals surface area contributed by atoms with Gasteiger partial charge in [0.05, 0.1) is 22.8 Å². The summed E-state index contributed by atoms with van der Waals surface area (Å²) in [5, 5.41) is 20.7. The first kappa shape index (κ1) is 40.2. The number of unbranched alkanes of at least 4 members (excludes halogenated alkanes) is 2. The van der Waals surface area contributed by atoms with Crippen LogP contribution in [-0.4, -0.2) is 27.7 Å². The zero-order valence-electron chi connectivity index (χ0n) is 28.7. The molecule has 0 aliphatic heterocycles. The minimum atomic E-state index is -0.0841. The Hall–Kier alpha value is -3.87. The van der Waals surface area contributed by atoms with Crippen molar-refractivity contribution >= 4 is 56.0 Å². The fourth-order valence-corrected chi connectivity index (χ4v) is 6.05. The molecule has 2 atom stereocenters. The predicted octanol–water partition coefficient (Wildman–Crippen LogP) is 8.28. The average Bonchev–Trinajstić information content (AvgIpc) is 3.55. The number of nitrogens with two attached hydrogens (primary N) is 3. The first-order chi connectivity index (χ1) is 21.9. The number of benzene rings is 1. The smallest absolute Gasteiger partial charge is 0.221 e. The van der Waals surface area contributed by atoms with Gasteiger partial charge in [0.25, 0.3) is 0 Å². The number of nitrogens with zero attached hydrogens (tertiary/aromatic N) is 5. The number of amides is 1. The third-order valence-corrected chi connectivity index (χ3v) is 9.29. The SMILES string of the molecule is CCCCC(CC)CN(CC(CC)CCCC)c1ccc(N)c(NC(C)=O)c1.Cc1nsc(N)c1C#N.Cc1nsc(N)c1C#N. The summed E-state index contributed by atoms with van der Waals surface area (Å²) < 4.78 is 7.76. The Morgan fingerprint density at radius 1 is 0.870 bits per heavy atom. The van der Waals surface area contributed by atoms with Crippen molar-refractivity contribution in [1.82, 2.24) is 8.75 Å². The van der Waals surface area contributed by atoms with E-state index in [9.17, 15) is 4.79 Å². The molecule has 0 saturated heterocycles. The van der Waals surface area contributed by atoms with Crippen molar-refractivity contribution in [1.29, 1.82) is 10.5 Å². The molecule has 1 amide bonds. The van der Waals surface area contributed by atoms with Crippen LogP contribution >= 0.6 is 23.1 Å². The van der Waals surface area contributed by atoms with E-state index in [1.54, 1.807) is 13.8 Å². The summed E-state index contributed by atoms with van der Waals surface area (Å²) in [7, 11) is 0. The number of aryl methyl sites for hydroxylation is 2. The molecule has 0 spiro atoms. The monoisotopic (exact) mass is 667 g/mol. The Bertz CT molecular complexity index is 1310. The second-order valence-electron chi connectivity index (χ2n) is 11.4. The lowest BCUT2D eigenvalue weighted by Gasteiger charge is -2.33. The van der Waals surface area contributed by atoms with Gasteiger partial charge >= 0.3 is 0 Å². The van der Waals surface area contributed by atoms with Crippen LogP contribution in [0.4, 0.5) is 27.1 Å². The van der Waals surface area contributed by atoms with E-state index < -0.39 is 0 Å². The topological polar surface area (TPSA) is 184 Å². The lowest BCUT2D eigenvalue weighted by Crippen LogP contribution is -2.34. The Balaban J connectivity index is 0.000000470. The van der Waals surface area contributed by atoms with Gasteiger partial charge in [-0.25, -0.2) is 0 Å². The molecule has 10 nitrogen and oxygen atoms in total. The van der Waals surface area contributed by atoms with Gasteiger partial charge < -0.3 is 27.4 Å². The normalized spacial score (nSPS) is 11.5. The lowest BCUT2D eigenvalue weighted by atomic mass is 9.95. The van der Waals surface area contributed by atoms with Crippen LogP contribution in [0.1, 0.15) is 109 Å². The average molecular weight is 668 g/mol. The number of carbonyl (C=O) groups excluding carboxylic acids is 1. The van der Waals surface area contributed by atoms with Crippen LogP contribution in [0.2, 0.25) is 0 Å². The van der Waals surface area contributed by atoms with Crippen LogP contribution in [0.15, 0.2) is 18.2 Å². The maximum Gasteiger partial charge on any atom is 0.221 e. The Morgan fingerprint density at radius 3 is 1.63 bits per heavy atom. The molecule has 0 aliphatic rings. The highest BCUT2D eigenvalue weighted by atomic mass is 32.1. The maximum absolute atomic E-state index is 11.6. The third-order valence-electron chi connectivity index (χ3n) is 7.76. The number of aromatic nitrogens is 2. The number of hydrogen-bond donors (Lipinski definition) is 4. The fourth-order valence-electron chi connectivity index (χ4n) is 4.83. The van der Waals surface area contributed by atoms with Crippen LogP contribution in [0, 0.1) is 48.3 Å². The van der Waals surface area contributed by atoms with Gasteiger partial charge in [-0.3, -0.25) is 4.79 Å². The Labute approximate surface area is 284 Å². The molecule has 0 saturated carbocycles. The summed E-state index contributed by atoms with van der Waals surface area (Å²) in [6, 6.07) is 10.0. The number of nitrogens with one attached hydrogen (secondary N) is 1. The number of hydrogen-bond acceptors (Lipinski definition) is 11. The molecule has 252 valence electrons. The standard InChI is InChI=1S/C24H43N3O.2C5H5N3S/c1-6-10-12-20(8-3)17-27(18-21(9-4)13-11-7-2)22-14-15-23(25)24(16-22)26-19(5)28;2*1-3-4(2-6)5(7)9-8-3/h14-16,20-21H,6-13,17-18,25H2,1-5H3,(H,26,28);2*7H2,1H3. The number of nitriles is 2. The zero-order valence-corrected chi connectivity index (χ0v) is 30.3. The van der Waals surface area contributed by atoms with Crippen molar-refractivity contribution in [3.63, 3.8) is 0 Å². The molecule has 0 aliphatic carbocycles. The van der Waals surface area contributed by atoms with E-state index in [1.165, 1.54) is 64.0 Å². The fraction of sp³-hybridized carbons (Fsp3) is 0.559. The highest BCUT2D eigenvalue weighted by Gasteiger charge is 2.18. The molecule has 7 N–H and O–H groups in total. The van der Waals surface area contributed by atoms with E-state index in [-0.39, 0.29) is 5.91 Å². The van der Waals surface area contributed by atoms with Crippen molar-refractivity contribution < 1.29 is 4.79 Å². The van der Waals surface area contributed by atoms with Crippen molar-refractivity contribution in [3.8, 4) is 12.1 Å². The number of anilines is 5. The summed E-state index contributed by atoms with van der Waals surface area (Å²) in [6.07, 6.45) is 10.0. The van der Waals surface area contributed by atoms with Crippen molar-refractivity contribution in [2.75, 3.05) is 40.5 Å². The van der Waals surface area contributed by atoms with Crippen LogP contribution in [0.25, 0.3) is 0 Å². The van der Waals surface area contributed by atoms with Crippen LogP contribution in [0.3, 0.4) is 0 Å². The zero-order chi connectivity index (χ0) is 34.6. The highest BCUT2D eigenvalue weighted by molar-refractivity contribution is 7.10.